The Morgan fingerprint density at radius 3 is 2.44 bits per heavy atom. The number of nitrogens with one attached hydrogen (secondary N) is 1. The van der Waals surface area contributed by atoms with Crippen LogP contribution in [0.1, 0.15) is 56.8 Å². The van der Waals surface area contributed by atoms with E-state index in [0.29, 0.717) is 48.9 Å². The molecule has 2 aliphatic heterocycles. The van der Waals surface area contributed by atoms with Gasteiger partial charge in [0, 0.05) is 56.5 Å². The molecule has 0 saturated carbocycles. The number of fused-ring (bicyclic) bond motifs is 1. The second-order valence-electron chi connectivity index (χ2n) is 9.27. The van der Waals surface area contributed by atoms with Crippen molar-refractivity contribution in [3.63, 3.8) is 0 Å². The van der Waals surface area contributed by atoms with Gasteiger partial charge in [-0.05, 0) is 56.2 Å². The molecule has 3 amide bonds. The largest absolute Gasteiger partial charge is 0.342 e. The molecule has 3 aliphatic rings. The Kier molecular flexibility index (Phi) is 6.92. The summed E-state index contributed by atoms with van der Waals surface area (Å²) < 4.78 is 0. The summed E-state index contributed by atoms with van der Waals surface area (Å²) in [7, 11) is 0. The third-order valence-electron chi connectivity index (χ3n) is 7.01. The lowest BCUT2D eigenvalue weighted by Gasteiger charge is -2.35. The predicted octanol–water partition coefficient (Wildman–Crippen LogP) is 2.65. The highest BCUT2D eigenvalue weighted by Crippen LogP contribution is 2.39. The third kappa shape index (κ3) is 4.86. The molecular weight excluding hydrogens is 450 g/mol. The fourth-order valence-electron chi connectivity index (χ4n) is 5.08. The number of rotatable bonds is 5. The molecule has 2 fully saturated rings. The van der Waals surface area contributed by atoms with E-state index in [1.165, 1.54) is 22.4 Å². The van der Waals surface area contributed by atoms with Gasteiger partial charge in [0.25, 0.3) is 11.8 Å². The first-order valence-corrected chi connectivity index (χ1v) is 13.1. The van der Waals surface area contributed by atoms with Crippen molar-refractivity contribution in [2.24, 2.45) is 0 Å². The number of pyridine rings is 1. The molecule has 1 N–H and O–H groups in total. The Bertz CT molecular complexity index is 1060. The van der Waals surface area contributed by atoms with Crippen LogP contribution in [0.3, 0.4) is 0 Å². The van der Waals surface area contributed by atoms with Gasteiger partial charge in [-0.25, -0.2) is 0 Å². The van der Waals surface area contributed by atoms with Gasteiger partial charge in [-0.15, -0.1) is 11.3 Å². The van der Waals surface area contributed by atoms with Gasteiger partial charge in [-0.1, -0.05) is 0 Å². The lowest BCUT2D eigenvalue weighted by Crippen LogP contribution is -2.51. The van der Waals surface area contributed by atoms with Crippen LogP contribution >= 0.6 is 11.3 Å². The first-order chi connectivity index (χ1) is 16.6. The van der Waals surface area contributed by atoms with Crippen LogP contribution in [-0.2, 0) is 17.6 Å². The molecule has 2 saturated heterocycles. The van der Waals surface area contributed by atoms with Crippen LogP contribution in [0.2, 0.25) is 0 Å². The molecule has 0 radical (unpaired) electrons. The summed E-state index contributed by atoms with van der Waals surface area (Å²) in [5.41, 5.74) is 2.25. The summed E-state index contributed by atoms with van der Waals surface area (Å²) in [4.78, 5) is 50.2. The number of carbonyl (C=O) groups excluding carboxylic acids is 3. The molecule has 8 nitrogen and oxygen atoms in total. The number of amides is 3. The molecule has 5 rings (SSSR count). The maximum Gasteiger partial charge on any atom is 0.257 e. The smallest absolute Gasteiger partial charge is 0.257 e. The maximum absolute atomic E-state index is 13.7. The third-order valence-corrected chi connectivity index (χ3v) is 8.22. The van der Waals surface area contributed by atoms with E-state index in [0.717, 1.165) is 57.2 Å². The number of nitrogens with zero attached hydrogens (tertiary/aromatic N) is 4. The zero-order valence-corrected chi connectivity index (χ0v) is 20.2. The molecule has 4 heterocycles. The number of hydrogen-bond donors (Lipinski definition) is 1. The van der Waals surface area contributed by atoms with Gasteiger partial charge < -0.3 is 15.1 Å². The van der Waals surface area contributed by atoms with E-state index < -0.39 is 0 Å². The molecular formula is C25H31N5O3S. The summed E-state index contributed by atoms with van der Waals surface area (Å²) in [5.74, 6) is -0.0537. The van der Waals surface area contributed by atoms with Crippen LogP contribution in [0, 0.1) is 0 Å². The Morgan fingerprint density at radius 1 is 0.941 bits per heavy atom. The molecule has 9 heteroatoms. The molecule has 2 aromatic heterocycles. The Balaban J connectivity index is 1.28. The minimum absolute atomic E-state index is 0.00796. The van der Waals surface area contributed by atoms with E-state index in [-0.39, 0.29) is 17.7 Å². The first-order valence-electron chi connectivity index (χ1n) is 12.3. The average molecular weight is 482 g/mol. The standard InChI is InChI=1S/C25H31N5O3S/c31-21(29-10-3-4-11-29)17-28-12-14-30(15-13-28)25(33)22-19-7-1-2-8-20(19)34-24(22)27-23(32)18-6-5-9-26-16-18/h5-6,9,16H,1-4,7-8,10-15,17H2,(H,27,32). The molecule has 0 atom stereocenters. The molecule has 34 heavy (non-hydrogen) atoms. The van der Waals surface area contributed by atoms with Gasteiger partial charge in [0.05, 0.1) is 17.7 Å². The van der Waals surface area contributed by atoms with E-state index in [4.69, 9.17) is 0 Å². The minimum atomic E-state index is -0.244. The van der Waals surface area contributed by atoms with E-state index >= 15 is 0 Å². The predicted molar refractivity (Wildman–Crippen MR) is 131 cm³/mol. The number of anilines is 1. The van der Waals surface area contributed by atoms with E-state index in [1.54, 1.807) is 18.3 Å². The normalized spacial score (nSPS) is 18.6. The quantitative estimate of drug-likeness (QED) is 0.710. The monoisotopic (exact) mass is 481 g/mol. The second kappa shape index (κ2) is 10.2. The summed E-state index contributed by atoms with van der Waals surface area (Å²) in [6.45, 7) is 4.73. The van der Waals surface area contributed by atoms with Crippen LogP contribution < -0.4 is 5.32 Å². The van der Waals surface area contributed by atoms with Crippen molar-refractivity contribution in [1.82, 2.24) is 19.7 Å². The van der Waals surface area contributed by atoms with Gasteiger partial charge in [-0.2, -0.15) is 0 Å². The maximum atomic E-state index is 13.7. The Morgan fingerprint density at radius 2 is 1.71 bits per heavy atom. The Hall–Kier alpha value is -2.78. The summed E-state index contributed by atoms with van der Waals surface area (Å²) >= 11 is 1.54. The number of aromatic nitrogens is 1. The SMILES string of the molecule is O=C(Nc1sc2c(c1C(=O)N1CCN(CC(=O)N3CCCC3)CC1)CCCC2)c1cccnc1. The number of thiophene rings is 1. The van der Waals surface area contributed by atoms with Gasteiger partial charge >= 0.3 is 0 Å². The van der Waals surface area contributed by atoms with E-state index in [2.05, 4.69) is 15.2 Å². The van der Waals surface area contributed by atoms with Crippen molar-refractivity contribution < 1.29 is 14.4 Å². The van der Waals surface area contributed by atoms with Crippen LogP contribution in [0.4, 0.5) is 5.00 Å². The molecule has 0 unspecified atom stereocenters. The van der Waals surface area contributed by atoms with E-state index in [9.17, 15) is 14.4 Å². The highest BCUT2D eigenvalue weighted by molar-refractivity contribution is 7.17. The number of aryl methyl sites for hydroxylation is 1. The molecule has 1 aliphatic carbocycles. The molecule has 0 aromatic carbocycles. The zero-order valence-electron chi connectivity index (χ0n) is 19.4. The average Bonchev–Trinajstić information content (AvgIpc) is 3.53. The second-order valence-corrected chi connectivity index (χ2v) is 10.4. The van der Waals surface area contributed by atoms with Gasteiger partial charge in [0.15, 0.2) is 0 Å². The van der Waals surface area contributed by atoms with Gasteiger partial charge in [-0.3, -0.25) is 24.3 Å². The first kappa shape index (κ1) is 23.0. The number of piperazine rings is 1. The summed E-state index contributed by atoms with van der Waals surface area (Å²) in [6, 6.07) is 3.45. The van der Waals surface area contributed by atoms with Crippen molar-refractivity contribution in [2.45, 2.75) is 38.5 Å². The molecule has 0 bridgehead atoms. The lowest BCUT2D eigenvalue weighted by molar-refractivity contribution is -0.131. The van der Waals surface area contributed by atoms with Crippen LogP contribution in [-0.4, -0.2) is 83.2 Å². The minimum Gasteiger partial charge on any atom is -0.342 e. The molecule has 0 spiro atoms. The van der Waals surface area contributed by atoms with Crippen molar-refractivity contribution in [1.29, 1.82) is 0 Å². The topological polar surface area (TPSA) is 85.8 Å². The van der Waals surface area contributed by atoms with Gasteiger partial charge in [0.2, 0.25) is 5.91 Å². The van der Waals surface area contributed by atoms with Gasteiger partial charge in [0.1, 0.15) is 5.00 Å². The number of carbonyl (C=O) groups is 3. The summed E-state index contributed by atoms with van der Waals surface area (Å²) in [5, 5.41) is 3.65. The Labute approximate surface area is 203 Å². The number of hydrogen-bond acceptors (Lipinski definition) is 6. The highest BCUT2D eigenvalue weighted by Gasteiger charge is 2.32. The molecule has 2 aromatic rings. The molecule has 180 valence electrons. The van der Waals surface area contributed by atoms with Crippen molar-refractivity contribution >= 4 is 34.1 Å². The fourth-order valence-corrected chi connectivity index (χ4v) is 6.35. The van der Waals surface area contributed by atoms with Crippen molar-refractivity contribution in [3.8, 4) is 0 Å². The highest BCUT2D eigenvalue weighted by atomic mass is 32.1. The fraction of sp³-hybridized carbons (Fsp3) is 0.520. The van der Waals surface area contributed by atoms with Crippen LogP contribution in [0.15, 0.2) is 24.5 Å². The summed E-state index contributed by atoms with van der Waals surface area (Å²) in [6.07, 6.45) is 9.36. The van der Waals surface area contributed by atoms with E-state index in [1.807, 2.05) is 9.80 Å². The van der Waals surface area contributed by atoms with Crippen molar-refractivity contribution in [2.75, 3.05) is 51.1 Å². The number of likely N-dealkylation sites (tertiary alicyclic amines) is 1. The van der Waals surface area contributed by atoms with Crippen LogP contribution in [0.25, 0.3) is 0 Å². The zero-order chi connectivity index (χ0) is 23.5. The van der Waals surface area contributed by atoms with Crippen molar-refractivity contribution in [3.05, 3.63) is 46.1 Å². The van der Waals surface area contributed by atoms with Crippen LogP contribution in [0.5, 0.6) is 0 Å². The lowest BCUT2D eigenvalue weighted by atomic mass is 9.95.